The Morgan fingerprint density at radius 3 is 2.36 bits per heavy atom. The summed E-state index contributed by atoms with van der Waals surface area (Å²) in [4.78, 5) is 32.1. The lowest BCUT2D eigenvalue weighted by atomic mass is 10.2. The first-order chi connectivity index (χ1) is 10.4. The van der Waals surface area contributed by atoms with E-state index in [1.54, 1.807) is 0 Å². The molecule has 1 N–H and O–H groups in total. The number of benzene rings is 2. The summed E-state index contributed by atoms with van der Waals surface area (Å²) >= 11 is 5.73. The van der Waals surface area contributed by atoms with Crippen LogP contribution in [-0.4, -0.2) is 15.8 Å². The third kappa shape index (κ3) is 3.36. The third-order valence-electron chi connectivity index (χ3n) is 2.72. The highest BCUT2D eigenvalue weighted by atomic mass is 35.5. The molecule has 0 unspecified atom stereocenters. The van der Waals surface area contributed by atoms with Crippen molar-refractivity contribution in [1.82, 2.24) is 0 Å². The van der Waals surface area contributed by atoms with Gasteiger partial charge in [-0.2, -0.15) is 0 Å². The quantitative estimate of drug-likeness (QED) is 0.684. The normalized spacial score (nSPS) is 10.0. The van der Waals surface area contributed by atoms with Crippen molar-refractivity contribution in [3.8, 4) is 0 Å². The predicted molar refractivity (Wildman–Crippen MR) is 79.2 cm³/mol. The number of carbonyl (C=O) groups excluding carboxylic acids is 1. The van der Waals surface area contributed by atoms with Gasteiger partial charge in [0.2, 0.25) is 0 Å². The van der Waals surface area contributed by atoms with Crippen molar-refractivity contribution < 1.29 is 14.6 Å². The smallest absolute Gasteiger partial charge is 0.287 e. The maximum absolute atomic E-state index is 12.0. The summed E-state index contributed by atoms with van der Waals surface area (Å²) in [6.45, 7) is 0. The van der Waals surface area contributed by atoms with Crippen molar-refractivity contribution >= 4 is 34.6 Å². The second-order valence-electron chi connectivity index (χ2n) is 4.18. The zero-order valence-corrected chi connectivity index (χ0v) is 11.6. The van der Waals surface area contributed by atoms with E-state index in [-0.39, 0.29) is 27.6 Å². The topological polar surface area (TPSA) is 115 Å². The molecule has 0 atom stereocenters. The van der Waals surface area contributed by atoms with Gasteiger partial charge >= 0.3 is 0 Å². The summed E-state index contributed by atoms with van der Waals surface area (Å²) in [5.41, 5.74) is -0.149. The molecule has 2 rings (SSSR count). The third-order valence-corrected chi connectivity index (χ3v) is 3.02. The Morgan fingerprint density at radius 1 is 1.05 bits per heavy atom. The molecule has 112 valence electrons. The average Bonchev–Trinajstić information content (AvgIpc) is 2.46. The molecule has 22 heavy (non-hydrogen) atoms. The lowest BCUT2D eigenvalue weighted by Crippen LogP contribution is -2.12. The molecule has 0 bridgehead atoms. The van der Waals surface area contributed by atoms with Crippen molar-refractivity contribution in [3.63, 3.8) is 0 Å². The molecular formula is C13H8ClN3O5. The molecule has 0 saturated carbocycles. The van der Waals surface area contributed by atoms with Gasteiger partial charge in [0.05, 0.1) is 9.85 Å². The number of nitrogens with zero attached hydrogens (tertiary/aromatic N) is 2. The number of non-ortho nitro benzene ring substituents is 1. The Bertz CT molecular complexity index is 778. The van der Waals surface area contributed by atoms with Crippen LogP contribution in [0, 0.1) is 20.2 Å². The van der Waals surface area contributed by atoms with Crippen LogP contribution in [0.1, 0.15) is 10.4 Å². The van der Waals surface area contributed by atoms with Gasteiger partial charge in [-0.15, -0.1) is 0 Å². The fourth-order valence-electron chi connectivity index (χ4n) is 1.70. The van der Waals surface area contributed by atoms with Crippen molar-refractivity contribution in [2.24, 2.45) is 0 Å². The van der Waals surface area contributed by atoms with E-state index in [1.165, 1.54) is 30.3 Å². The minimum Gasteiger partial charge on any atom is -0.322 e. The molecule has 0 aliphatic rings. The SMILES string of the molecule is O=C(Nc1cccc([N+](=O)[O-])c1)c1ccc([N+](=O)[O-])c(Cl)c1. The summed E-state index contributed by atoms with van der Waals surface area (Å²) in [6, 6.07) is 8.92. The number of amides is 1. The monoisotopic (exact) mass is 321 g/mol. The van der Waals surface area contributed by atoms with Gasteiger partial charge in [-0.25, -0.2) is 0 Å². The summed E-state index contributed by atoms with van der Waals surface area (Å²) in [5, 5.41) is 23.6. The van der Waals surface area contributed by atoms with Crippen LogP contribution in [0.15, 0.2) is 42.5 Å². The first-order valence-corrected chi connectivity index (χ1v) is 6.26. The van der Waals surface area contributed by atoms with Gasteiger partial charge in [0.15, 0.2) is 0 Å². The van der Waals surface area contributed by atoms with Gasteiger partial charge in [0.1, 0.15) is 5.02 Å². The van der Waals surface area contributed by atoms with Crippen LogP contribution in [-0.2, 0) is 0 Å². The Hall–Kier alpha value is -3.00. The number of halogens is 1. The zero-order chi connectivity index (χ0) is 16.3. The highest BCUT2D eigenvalue weighted by molar-refractivity contribution is 6.33. The van der Waals surface area contributed by atoms with E-state index >= 15 is 0 Å². The summed E-state index contributed by atoms with van der Waals surface area (Å²) in [5.74, 6) is -0.586. The van der Waals surface area contributed by atoms with Crippen LogP contribution < -0.4 is 5.32 Å². The molecule has 0 fully saturated rings. The number of rotatable bonds is 4. The summed E-state index contributed by atoms with van der Waals surface area (Å²) in [6.07, 6.45) is 0. The number of hydrogen-bond acceptors (Lipinski definition) is 5. The van der Waals surface area contributed by atoms with E-state index in [0.717, 1.165) is 12.1 Å². The van der Waals surface area contributed by atoms with Crippen molar-refractivity contribution in [2.75, 3.05) is 5.32 Å². The standard InChI is InChI=1S/C13H8ClN3O5/c14-11-6-8(4-5-12(11)17(21)22)13(18)15-9-2-1-3-10(7-9)16(19)20/h1-7H,(H,15,18). The van der Waals surface area contributed by atoms with Gasteiger partial charge in [-0.1, -0.05) is 17.7 Å². The van der Waals surface area contributed by atoms with Crippen molar-refractivity contribution in [2.45, 2.75) is 0 Å². The molecule has 0 aliphatic heterocycles. The van der Waals surface area contributed by atoms with E-state index < -0.39 is 15.8 Å². The second-order valence-corrected chi connectivity index (χ2v) is 4.59. The molecule has 0 radical (unpaired) electrons. The number of anilines is 1. The highest BCUT2D eigenvalue weighted by Crippen LogP contribution is 2.25. The highest BCUT2D eigenvalue weighted by Gasteiger charge is 2.16. The van der Waals surface area contributed by atoms with Crippen molar-refractivity contribution in [3.05, 3.63) is 73.3 Å². The molecule has 9 heteroatoms. The fraction of sp³-hybridized carbons (Fsp3) is 0. The Kier molecular flexibility index (Phi) is 4.33. The molecule has 2 aromatic carbocycles. The van der Waals surface area contributed by atoms with E-state index in [2.05, 4.69) is 5.32 Å². The van der Waals surface area contributed by atoms with Crippen LogP contribution in [0.3, 0.4) is 0 Å². The van der Waals surface area contributed by atoms with Crippen LogP contribution in [0.25, 0.3) is 0 Å². The van der Waals surface area contributed by atoms with Gasteiger partial charge in [0, 0.05) is 29.4 Å². The number of nitro benzene ring substituents is 2. The molecule has 8 nitrogen and oxygen atoms in total. The van der Waals surface area contributed by atoms with Gasteiger partial charge in [-0.3, -0.25) is 25.0 Å². The summed E-state index contributed by atoms with van der Waals surface area (Å²) in [7, 11) is 0. The molecule has 1 amide bonds. The van der Waals surface area contributed by atoms with Gasteiger partial charge in [0.25, 0.3) is 17.3 Å². The van der Waals surface area contributed by atoms with Crippen molar-refractivity contribution in [1.29, 1.82) is 0 Å². The molecule has 0 heterocycles. The second kappa shape index (κ2) is 6.19. The minimum absolute atomic E-state index is 0.0992. The Morgan fingerprint density at radius 2 is 1.77 bits per heavy atom. The Labute approximate surface area is 128 Å². The van der Waals surface area contributed by atoms with Gasteiger partial charge < -0.3 is 5.32 Å². The molecule has 0 saturated heterocycles. The maximum Gasteiger partial charge on any atom is 0.287 e. The number of hydrogen-bond donors (Lipinski definition) is 1. The van der Waals surface area contributed by atoms with Crippen LogP contribution in [0.5, 0.6) is 0 Å². The number of carbonyl (C=O) groups is 1. The Balaban J connectivity index is 2.22. The number of nitrogens with one attached hydrogen (secondary N) is 1. The minimum atomic E-state index is -0.662. The first-order valence-electron chi connectivity index (χ1n) is 5.88. The lowest BCUT2D eigenvalue weighted by Gasteiger charge is -2.05. The van der Waals surface area contributed by atoms with E-state index in [9.17, 15) is 25.0 Å². The number of nitro groups is 2. The largest absolute Gasteiger partial charge is 0.322 e. The van der Waals surface area contributed by atoms with E-state index in [1.807, 2.05) is 0 Å². The summed E-state index contributed by atoms with van der Waals surface area (Å²) < 4.78 is 0. The maximum atomic E-state index is 12.0. The zero-order valence-electron chi connectivity index (χ0n) is 10.9. The molecule has 2 aromatic rings. The fourth-order valence-corrected chi connectivity index (χ4v) is 1.95. The first kappa shape index (κ1) is 15.4. The van der Waals surface area contributed by atoms with Crippen LogP contribution in [0.2, 0.25) is 5.02 Å². The average molecular weight is 322 g/mol. The van der Waals surface area contributed by atoms with Crippen LogP contribution >= 0.6 is 11.6 Å². The lowest BCUT2D eigenvalue weighted by molar-refractivity contribution is -0.384. The van der Waals surface area contributed by atoms with Gasteiger partial charge in [-0.05, 0) is 18.2 Å². The van der Waals surface area contributed by atoms with E-state index in [0.29, 0.717) is 0 Å². The molecular weight excluding hydrogens is 314 g/mol. The molecule has 0 spiro atoms. The molecule has 0 aliphatic carbocycles. The molecule has 0 aromatic heterocycles. The predicted octanol–water partition coefficient (Wildman–Crippen LogP) is 3.41. The van der Waals surface area contributed by atoms with Crippen LogP contribution in [0.4, 0.5) is 17.1 Å². The van der Waals surface area contributed by atoms with E-state index in [4.69, 9.17) is 11.6 Å².